The molecule has 1 aromatic heterocycles. The molecule has 2 fully saturated rings. The topological polar surface area (TPSA) is 67.6 Å². The molecule has 0 bridgehead atoms. The van der Waals surface area contributed by atoms with Gasteiger partial charge in [0, 0.05) is 19.1 Å². The minimum atomic E-state index is -0.0991. The Morgan fingerprint density at radius 2 is 2.50 bits per heavy atom. The first-order valence-electron chi connectivity index (χ1n) is 6.31. The zero-order chi connectivity index (χ0) is 12.5. The summed E-state index contributed by atoms with van der Waals surface area (Å²) in [5.41, 5.74) is 0. The Morgan fingerprint density at radius 1 is 1.61 bits per heavy atom. The van der Waals surface area contributed by atoms with E-state index in [0.29, 0.717) is 11.9 Å². The van der Waals surface area contributed by atoms with Crippen LogP contribution in [0.4, 0.5) is 0 Å². The minimum Gasteiger partial charge on any atom is -0.479 e. The Hall–Kier alpha value is -1.56. The van der Waals surface area contributed by atoms with E-state index in [4.69, 9.17) is 9.26 Å². The van der Waals surface area contributed by atoms with Gasteiger partial charge in [-0.15, -0.1) is 0 Å². The van der Waals surface area contributed by atoms with Gasteiger partial charge < -0.3 is 19.5 Å². The average molecular weight is 251 g/mol. The van der Waals surface area contributed by atoms with E-state index in [0.717, 1.165) is 32.0 Å². The smallest absolute Gasteiger partial charge is 0.292 e. The van der Waals surface area contributed by atoms with Crippen molar-refractivity contribution in [1.29, 1.82) is 0 Å². The summed E-state index contributed by atoms with van der Waals surface area (Å²) >= 11 is 0. The van der Waals surface area contributed by atoms with Crippen molar-refractivity contribution in [1.82, 2.24) is 15.4 Å². The third-order valence-electron chi connectivity index (χ3n) is 3.87. The van der Waals surface area contributed by atoms with Crippen LogP contribution < -0.4 is 10.1 Å². The number of hydrogen-bond donors (Lipinski definition) is 1. The summed E-state index contributed by atoms with van der Waals surface area (Å²) in [7, 11) is 1.50. The van der Waals surface area contributed by atoms with Crippen molar-refractivity contribution >= 4 is 5.91 Å². The van der Waals surface area contributed by atoms with E-state index >= 15 is 0 Å². The molecule has 0 radical (unpaired) electrons. The van der Waals surface area contributed by atoms with Gasteiger partial charge in [-0.2, -0.15) is 0 Å². The van der Waals surface area contributed by atoms with Crippen molar-refractivity contribution in [2.75, 3.05) is 26.7 Å². The number of rotatable bonds is 2. The molecular formula is C12H17N3O3. The van der Waals surface area contributed by atoms with Gasteiger partial charge in [0.05, 0.1) is 13.2 Å². The number of nitrogens with one attached hydrogen (secondary N) is 1. The maximum Gasteiger partial charge on any atom is 0.292 e. The van der Waals surface area contributed by atoms with Crippen molar-refractivity contribution < 1.29 is 14.1 Å². The van der Waals surface area contributed by atoms with E-state index in [1.807, 2.05) is 4.90 Å². The van der Waals surface area contributed by atoms with Crippen molar-refractivity contribution in [3.05, 3.63) is 11.8 Å². The summed E-state index contributed by atoms with van der Waals surface area (Å²) in [6.45, 7) is 2.62. The van der Waals surface area contributed by atoms with Gasteiger partial charge in [0.15, 0.2) is 0 Å². The summed E-state index contributed by atoms with van der Waals surface area (Å²) in [6.07, 6.45) is 2.29. The van der Waals surface area contributed by atoms with Gasteiger partial charge >= 0.3 is 0 Å². The highest BCUT2D eigenvalue weighted by Gasteiger charge is 2.35. The fourth-order valence-corrected chi connectivity index (χ4v) is 2.83. The van der Waals surface area contributed by atoms with E-state index in [-0.39, 0.29) is 11.7 Å². The quantitative estimate of drug-likeness (QED) is 0.829. The SMILES string of the molecule is COc1cc(C(=O)N2CCC3CCNC3C2)on1. The van der Waals surface area contributed by atoms with Crippen LogP contribution in [0.2, 0.25) is 0 Å². The number of piperidine rings is 1. The first-order valence-corrected chi connectivity index (χ1v) is 6.31. The second-order valence-electron chi connectivity index (χ2n) is 4.88. The van der Waals surface area contributed by atoms with Crippen LogP contribution in [0.3, 0.4) is 0 Å². The lowest BCUT2D eigenvalue weighted by Gasteiger charge is -2.34. The van der Waals surface area contributed by atoms with Crippen molar-refractivity contribution in [2.45, 2.75) is 18.9 Å². The fourth-order valence-electron chi connectivity index (χ4n) is 2.83. The number of ether oxygens (including phenoxy) is 1. The van der Waals surface area contributed by atoms with Crippen LogP contribution in [0.15, 0.2) is 10.6 Å². The molecule has 3 heterocycles. The Morgan fingerprint density at radius 3 is 3.28 bits per heavy atom. The van der Waals surface area contributed by atoms with Crippen molar-refractivity contribution in [3.63, 3.8) is 0 Å². The molecule has 3 rings (SSSR count). The average Bonchev–Trinajstić information content (AvgIpc) is 3.05. The van der Waals surface area contributed by atoms with Crippen LogP contribution in [-0.4, -0.2) is 48.7 Å². The highest BCUT2D eigenvalue weighted by atomic mass is 16.5. The van der Waals surface area contributed by atoms with Crippen LogP contribution >= 0.6 is 0 Å². The fraction of sp³-hybridized carbons (Fsp3) is 0.667. The third-order valence-corrected chi connectivity index (χ3v) is 3.87. The number of carbonyl (C=O) groups is 1. The Labute approximate surface area is 105 Å². The third kappa shape index (κ3) is 1.96. The Kier molecular flexibility index (Phi) is 2.95. The maximum atomic E-state index is 12.2. The van der Waals surface area contributed by atoms with Gasteiger partial charge in [0.1, 0.15) is 0 Å². The zero-order valence-electron chi connectivity index (χ0n) is 10.4. The monoisotopic (exact) mass is 251 g/mol. The number of methoxy groups -OCH3 is 1. The van der Waals surface area contributed by atoms with Gasteiger partial charge in [-0.25, -0.2) is 0 Å². The van der Waals surface area contributed by atoms with Crippen molar-refractivity contribution in [2.24, 2.45) is 5.92 Å². The second kappa shape index (κ2) is 4.61. The summed E-state index contributed by atoms with van der Waals surface area (Å²) in [4.78, 5) is 14.1. The predicted octanol–water partition coefficient (Wildman–Crippen LogP) is 0.507. The van der Waals surface area contributed by atoms with Crippen LogP contribution in [-0.2, 0) is 0 Å². The van der Waals surface area contributed by atoms with Crippen LogP contribution in [0.25, 0.3) is 0 Å². The number of hydrogen-bond acceptors (Lipinski definition) is 5. The number of amides is 1. The molecule has 0 saturated carbocycles. The van der Waals surface area contributed by atoms with Crippen LogP contribution in [0.5, 0.6) is 5.88 Å². The molecule has 2 aliphatic heterocycles. The highest BCUT2D eigenvalue weighted by Crippen LogP contribution is 2.26. The summed E-state index contributed by atoms with van der Waals surface area (Å²) in [6, 6.07) is 1.98. The van der Waals surface area contributed by atoms with Gasteiger partial charge in [-0.1, -0.05) is 0 Å². The largest absolute Gasteiger partial charge is 0.479 e. The van der Waals surface area contributed by atoms with E-state index in [1.54, 1.807) is 0 Å². The van der Waals surface area contributed by atoms with E-state index in [1.165, 1.54) is 19.6 Å². The molecule has 1 N–H and O–H groups in total. The normalized spacial score (nSPS) is 27.1. The van der Waals surface area contributed by atoms with Gasteiger partial charge in [0.2, 0.25) is 5.76 Å². The molecule has 6 nitrogen and oxygen atoms in total. The van der Waals surface area contributed by atoms with Gasteiger partial charge in [0.25, 0.3) is 11.8 Å². The van der Waals surface area contributed by atoms with Crippen LogP contribution in [0.1, 0.15) is 23.4 Å². The number of nitrogens with zero attached hydrogens (tertiary/aromatic N) is 2. The maximum absolute atomic E-state index is 12.2. The lowest BCUT2D eigenvalue weighted by Crippen LogP contribution is -2.48. The van der Waals surface area contributed by atoms with E-state index in [2.05, 4.69) is 10.5 Å². The first kappa shape index (κ1) is 11.5. The second-order valence-corrected chi connectivity index (χ2v) is 4.88. The molecule has 98 valence electrons. The molecule has 2 aliphatic rings. The standard InChI is InChI=1S/C12H17N3O3/c1-17-11-6-10(18-14-11)12(16)15-5-3-8-2-4-13-9(8)7-15/h6,8-9,13H,2-5,7H2,1H3. The molecule has 2 saturated heterocycles. The summed E-state index contributed by atoms with van der Waals surface area (Å²) in [5, 5.41) is 7.10. The Bertz CT molecular complexity index is 446. The van der Waals surface area contributed by atoms with Gasteiger partial charge in [-0.3, -0.25) is 4.79 Å². The molecule has 0 spiro atoms. The van der Waals surface area contributed by atoms with Crippen LogP contribution in [0, 0.1) is 5.92 Å². The van der Waals surface area contributed by atoms with E-state index in [9.17, 15) is 4.79 Å². The molecule has 1 amide bonds. The number of carbonyl (C=O) groups excluding carboxylic acids is 1. The predicted molar refractivity (Wildman–Crippen MR) is 63.5 cm³/mol. The molecular weight excluding hydrogens is 234 g/mol. The summed E-state index contributed by atoms with van der Waals surface area (Å²) in [5.74, 6) is 1.21. The lowest BCUT2D eigenvalue weighted by molar-refractivity contribution is 0.0627. The zero-order valence-corrected chi connectivity index (χ0v) is 10.4. The van der Waals surface area contributed by atoms with Gasteiger partial charge in [-0.05, 0) is 30.5 Å². The highest BCUT2D eigenvalue weighted by molar-refractivity contribution is 5.91. The first-order chi connectivity index (χ1) is 8.78. The molecule has 0 aromatic carbocycles. The van der Waals surface area contributed by atoms with E-state index < -0.39 is 0 Å². The molecule has 1 aromatic rings. The number of fused-ring (bicyclic) bond motifs is 1. The number of likely N-dealkylation sites (tertiary alicyclic amines) is 1. The minimum absolute atomic E-state index is 0.0991. The molecule has 2 unspecified atom stereocenters. The molecule has 2 atom stereocenters. The van der Waals surface area contributed by atoms with Crippen molar-refractivity contribution in [3.8, 4) is 5.88 Å². The molecule has 6 heteroatoms. The Balaban J connectivity index is 1.69. The molecule has 18 heavy (non-hydrogen) atoms. The molecule has 0 aliphatic carbocycles. The summed E-state index contributed by atoms with van der Waals surface area (Å²) < 4.78 is 9.91. The number of aromatic nitrogens is 1. The lowest BCUT2D eigenvalue weighted by atomic mass is 9.92.